The topological polar surface area (TPSA) is 94.8 Å². The Morgan fingerprint density at radius 3 is 2.39 bits per heavy atom. The Kier molecular flexibility index (Phi) is 6.22. The molecule has 4 aromatic rings. The van der Waals surface area contributed by atoms with E-state index in [1.54, 1.807) is 49.4 Å². The number of anilines is 1. The molecule has 0 aliphatic rings. The van der Waals surface area contributed by atoms with Crippen molar-refractivity contribution < 1.29 is 23.5 Å². The number of aryl methyl sites for hydroxylation is 1. The van der Waals surface area contributed by atoms with Crippen LogP contribution in [0.25, 0.3) is 22.1 Å². The van der Waals surface area contributed by atoms with Gasteiger partial charge in [0.05, 0.1) is 23.6 Å². The maximum absolute atomic E-state index is 13.0. The molecule has 0 fully saturated rings. The Morgan fingerprint density at radius 2 is 1.70 bits per heavy atom. The quantitative estimate of drug-likeness (QED) is 0.439. The molecule has 1 N–H and O–H groups in total. The van der Waals surface area contributed by atoms with E-state index in [0.717, 1.165) is 5.56 Å². The minimum Gasteiger partial charge on any atom is -0.484 e. The molecule has 0 radical (unpaired) electrons. The molecular weight excluding hydrogens is 422 g/mol. The molecule has 0 saturated carbocycles. The summed E-state index contributed by atoms with van der Waals surface area (Å²) in [5.41, 5.74) is 2.48. The predicted octanol–water partition coefficient (Wildman–Crippen LogP) is 4.57. The highest BCUT2D eigenvalue weighted by molar-refractivity contribution is 5.93. The van der Waals surface area contributed by atoms with E-state index in [4.69, 9.17) is 9.15 Å². The third kappa shape index (κ3) is 4.77. The first-order valence-corrected chi connectivity index (χ1v) is 10.2. The van der Waals surface area contributed by atoms with Crippen molar-refractivity contribution in [2.24, 2.45) is 0 Å². The Morgan fingerprint density at radius 1 is 0.970 bits per heavy atom. The van der Waals surface area contributed by atoms with E-state index in [-0.39, 0.29) is 17.9 Å². The van der Waals surface area contributed by atoms with Crippen LogP contribution in [0.3, 0.4) is 0 Å². The number of amides is 1. The zero-order valence-corrected chi connectivity index (χ0v) is 18.1. The SMILES string of the molecule is COC(=O)c1ccc(NC(=O)COc2ccc3c(=O)c(-c4ccccc4)c(C)oc3c2)cc1. The van der Waals surface area contributed by atoms with Gasteiger partial charge in [0.25, 0.3) is 5.91 Å². The zero-order valence-electron chi connectivity index (χ0n) is 18.1. The van der Waals surface area contributed by atoms with Crippen molar-refractivity contribution in [3.05, 3.63) is 94.3 Å². The van der Waals surface area contributed by atoms with Crippen molar-refractivity contribution in [2.75, 3.05) is 19.0 Å². The summed E-state index contributed by atoms with van der Waals surface area (Å²) in [5, 5.41) is 3.12. The van der Waals surface area contributed by atoms with E-state index in [2.05, 4.69) is 10.1 Å². The van der Waals surface area contributed by atoms with Crippen LogP contribution in [-0.2, 0) is 9.53 Å². The first kappa shape index (κ1) is 21.8. The molecule has 0 unspecified atom stereocenters. The maximum atomic E-state index is 13.0. The van der Waals surface area contributed by atoms with E-state index in [1.165, 1.54) is 7.11 Å². The van der Waals surface area contributed by atoms with Gasteiger partial charge in [0.2, 0.25) is 5.43 Å². The van der Waals surface area contributed by atoms with Gasteiger partial charge < -0.3 is 19.2 Å². The molecule has 1 amide bonds. The predicted molar refractivity (Wildman–Crippen MR) is 125 cm³/mol. The molecule has 0 aliphatic heterocycles. The van der Waals surface area contributed by atoms with E-state index >= 15 is 0 Å². The van der Waals surface area contributed by atoms with Crippen LogP contribution in [0.15, 0.2) is 82.0 Å². The van der Waals surface area contributed by atoms with Gasteiger partial charge in [-0.2, -0.15) is 0 Å². The van der Waals surface area contributed by atoms with E-state index in [9.17, 15) is 14.4 Å². The molecule has 7 heteroatoms. The van der Waals surface area contributed by atoms with Crippen molar-refractivity contribution in [2.45, 2.75) is 6.92 Å². The van der Waals surface area contributed by atoms with Crippen LogP contribution in [0.1, 0.15) is 16.1 Å². The zero-order chi connectivity index (χ0) is 23.4. The monoisotopic (exact) mass is 443 g/mol. The summed E-state index contributed by atoms with van der Waals surface area (Å²) in [6.45, 7) is 1.51. The normalized spacial score (nSPS) is 10.6. The molecular formula is C26H21NO6. The van der Waals surface area contributed by atoms with Crippen LogP contribution < -0.4 is 15.5 Å². The first-order chi connectivity index (χ1) is 16.0. The number of carbonyl (C=O) groups excluding carboxylic acids is 2. The molecule has 0 atom stereocenters. The minimum atomic E-state index is -0.453. The van der Waals surface area contributed by atoms with Crippen molar-refractivity contribution in [1.29, 1.82) is 0 Å². The summed E-state index contributed by atoms with van der Waals surface area (Å²) in [6.07, 6.45) is 0. The Labute approximate surface area is 189 Å². The molecule has 7 nitrogen and oxygen atoms in total. The summed E-state index contributed by atoms with van der Waals surface area (Å²) in [7, 11) is 1.30. The van der Waals surface area contributed by atoms with Crippen molar-refractivity contribution in [3.63, 3.8) is 0 Å². The highest BCUT2D eigenvalue weighted by atomic mass is 16.5. The average molecular weight is 443 g/mol. The second-order valence-electron chi connectivity index (χ2n) is 7.29. The van der Waals surface area contributed by atoms with Crippen LogP contribution in [0.4, 0.5) is 5.69 Å². The number of hydrogen-bond donors (Lipinski definition) is 1. The smallest absolute Gasteiger partial charge is 0.337 e. The number of nitrogens with one attached hydrogen (secondary N) is 1. The first-order valence-electron chi connectivity index (χ1n) is 10.2. The average Bonchev–Trinajstić information content (AvgIpc) is 2.83. The Bertz CT molecular complexity index is 1370. The van der Waals surface area contributed by atoms with Gasteiger partial charge >= 0.3 is 5.97 Å². The second-order valence-corrected chi connectivity index (χ2v) is 7.29. The van der Waals surface area contributed by atoms with E-state index < -0.39 is 5.97 Å². The number of esters is 1. The largest absolute Gasteiger partial charge is 0.484 e. The van der Waals surface area contributed by atoms with Crippen LogP contribution in [0.5, 0.6) is 5.75 Å². The van der Waals surface area contributed by atoms with Gasteiger partial charge in [0, 0.05) is 11.8 Å². The third-order valence-electron chi connectivity index (χ3n) is 5.06. The highest BCUT2D eigenvalue weighted by Crippen LogP contribution is 2.26. The van der Waals surface area contributed by atoms with Crippen LogP contribution in [-0.4, -0.2) is 25.6 Å². The van der Waals surface area contributed by atoms with Gasteiger partial charge in [-0.3, -0.25) is 9.59 Å². The van der Waals surface area contributed by atoms with Crippen molar-refractivity contribution in [3.8, 4) is 16.9 Å². The van der Waals surface area contributed by atoms with Gasteiger partial charge in [-0.25, -0.2) is 4.79 Å². The van der Waals surface area contributed by atoms with Gasteiger partial charge in [0.1, 0.15) is 17.1 Å². The fourth-order valence-corrected chi connectivity index (χ4v) is 3.47. The summed E-state index contributed by atoms with van der Waals surface area (Å²) < 4.78 is 16.1. The number of benzene rings is 3. The molecule has 4 rings (SSSR count). The van der Waals surface area contributed by atoms with Gasteiger partial charge in [0.15, 0.2) is 6.61 Å². The van der Waals surface area contributed by atoms with Crippen LogP contribution in [0.2, 0.25) is 0 Å². The summed E-state index contributed by atoms with van der Waals surface area (Å²) in [6, 6.07) is 20.5. The summed E-state index contributed by atoms with van der Waals surface area (Å²) >= 11 is 0. The molecule has 1 heterocycles. The standard InChI is InChI=1S/C26H21NO6/c1-16-24(17-6-4-3-5-7-17)25(29)21-13-12-20(14-22(21)33-16)32-15-23(28)27-19-10-8-18(9-11-19)26(30)31-2/h3-14H,15H2,1-2H3,(H,27,28). The van der Waals surface area contributed by atoms with Gasteiger partial charge in [-0.15, -0.1) is 0 Å². The van der Waals surface area contributed by atoms with E-state index in [1.807, 2.05) is 30.3 Å². The Balaban J connectivity index is 1.46. The lowest BCUT2D eigenvalue weighted by molar-refractivity contribution is -0.118. The maximum Gasteiger partial charge on any atom is 0.337 e. The third-order valence-corrected chi connectivity index (χ3v) is 5.06. The van der Waals surface area contributed by atoms with Gasteiger partial charge in [-0.05, 0) is 48.9 Å². The van der Waals surface area contributed by atoms with Crippen molar-refractivity contribution in [1.82, 2.24) is 0 Å². The lowest BCUT2D eigenvalue weighted by atomic mass is 10.0. The second kappa shape index (κ2) is 9.40. The van der Waals surface area contributed by atoms with E-state index in [0.29, 0.717) is 39.3 Å². The molecule has 0 bridgehead atoms. The molecule has 0 spiro atoms. The fourth-order valence-electron chi connectivity index (χ4n) is 3.47. The lowest BCUT2D eigenvalue weighted by Gasteiger charge is -2.10. The molecule has 0 saturated heterocycles. The summed E-state index contributed by atoms with van der Waals surface area (Å²) in [4.78, 5) is 36.7. The number of carbonyl (C=O) groups is 2. The molecule has 33 heavy (non-hydrogen) atoms. The van der Waals surface area contributed by atoms with Crippen molar-refractivity contribution >= 4 is 28.5 Å². The summed E-state index contributed by atoms with van der Waals surface area (Å²) in [5.74, 6) is 0.0703. The lowest BCUT2D eigenvalue weighted by Crippen LogP contribution is -2.20. The van der Waals surface area contributed by atoms with Gasteiger partial charge in [-0.1, -0.05) is 30.3 Å². The number of hydrogen-bond acceptors (Lipinski definition) is 6. The number of methoxy groups -OCH3 is 1. The number of ether oxygens (including phenoxy) is 2. The molecule has 1 aromatic heterocycles. The number of rotatable bonds is 6. The highest BCUT2D eigenvalue weighted by Gasteiger charge is 2.14. The minimum absolute atomic E-state index is 0.125. The number of fused-ring (bicyclic) bond motifs is 1. The van der Waals surface area contributed by atoms with Crippen LogP contribution in [0, 0.1) is 6.92 Å². The Hall–Kier alpha value is -4.39. The molecule has 3 aromatic carbocycles. The van der Waals surface area contributed by atoms with Crippen LogP contribution >= 0.6 is 0 Å². The fraction of sp³-hybridized carbons (Fsp3) is 0.115. The molecule has 0 aliphatic carbocycles. The molecule has 166 valence electrons.